The Hall–Kier alpha value is -0.0800. The number of aliphatic hydroxyl groups is 1. The van der Waals surface area contributed by atoms with Gasteiger partial charge in [0.25, 0.3) is 0 Å². The lowest BCUT2D eigenvalue weighted by atomic mass is 9.93. The van der Waals surface area contributed by atoms with Gasteiger partial charge in [-0.1, -0.05) is 19.8 Å². The number of likely N-dealkylation sites (tertiary alicyclic amines) is 1. The van der Waals surface area contributed by atoms with Crippen LogP contribution in [0.3, 0.4) is 0 Å². The quantitative estimate of drug-likeness (QED) is 0.686. The average Bonchev–Trinajstić information content (AvgIpc) is 2.20. The maximum Gasteiger partial charge on any atom is 0.0431 e. The molecule has 1 aliphatic heterocycles. The van der Waals surface area contributed by atoms with E-state index in [2.05, 4.69) is 18.7 Å². The van der Waals surface area contributed by atoms with Crippen LogP contribution in [-0.4, -0.2) is 35.7 Å². The molecule has 1 N–H and O–H groups in total. The molecule has 90 valence electrons. The van der Waals surface area contributed by atoms with E-state index in [9.17, 15) is 0 Å². The number of piperidine rings is 1. The second-order valence-electron chi connectivity index (χ2n) is 5.15. The van der Waals surface area contributed by atoms with Gasteiger partial charge >= 0.3 is 0 Å². The van der Waals surface area contributed by atoms with E-state index in [0.29, 0.717) is 6.61 Å². The molecule has 1 fully saturated rings. The summed E-state index contributed by atoms with van der Waals surface area (Å²) >= 11 is 0. The van der Waals surface area contributed by atoms with Crippen molar-refractivity contribution in [2.45, 2.75) is 58.4 Å². The largest absolute Gasteiger partial charge is 0.396 e. The molecular formula is C13H27NO. The Morgan fingerprint density at radius 3 is 2.53 bits per heavy atom. The van der Waals surface area contributed by atoms with E-state index < -0.39 is 0 Å². The Morgan fingerprint density at radius 1 is 1.13 bits per heavy atom. The molecule has 2 atom stereocenters. The fraction of sp³-hybridized carbons (Fsp3) is 1.00. The lowest BCUT2D eigenvalue weighted by Gasteiger charge is -2.36. The van der Waals surface area contributed by atoms with E-state index in [1.807, 2.05) is 0 Å². The van der Waals surface area contributed by atoms with Crippen molar-refractivity contribution in [3.63, 3.8) is 0 Å². The smallest absolute Gasteiger partial charge is 0.0431 e. The fourth-order valence-corrected chi connectivity index (χ4v) is 2.57. The maximum atomic E-state index is 8.68. The molecule has 2 nitrogen and oxygen atoms in total. The minimum atomic E-state index is 0.359. The third-order valence-electron chi connectivity index (χ3n) is 3.63. The molecular weight excluding hydrogens is 186 g/mol. The molecule has 0 aromatic rings. The highest BCUT2D eigenvalue weighted by Gasteiger charge is 2.21. The Bertz CT molecular complexity index is 161. The highest BCUT2D eigenvalue weighted by molar-refractivity contribution is 4.76. The summed E-state index contributed by atoms with van der Waals surface area (Å²) in [7, 11) is 0. The molecule has 0 saturated carbocycles. The van der Waals surface area contributed by atoms with Crippen LogP contribution in [0.5, 0.6) is 0 Å². The van der Waals surface area contributed by atoms with Crippen LogP contribution >= 0.6 is 0 Å². The zero-order valence-electron chi connectivity index (χ0n) is 10.4. The summed E-state index contributed by atoms with van der Waals surface area (Å²) in [5.41, 5.74) is 0. The lowest BCUT2D eigenvalue weighted by molar-refractivity contribution is 0.127. The number of unbranched alkanes of at least 4 members (excludes halogenated alkanes) is 3. The molecule has 0 radical (unpaired) electrons. The molecule has 1 saturated heterocycles. The van der Waals surface area contributed by atoms with Gasteiger partial charge in [-0.15, -0.1) is 0 Å². The van der Waals surface area contributed by atoms with Crippen molar-refractivity contribution in [2.24, 2.45) is 5.92 Å². The van der Waals surface area contributed by atoms with Gasteiger partial charge in [-0.25, -0.2) is 0 Å². The Labute approximate surface area is 94.7 Å². The first-order valence-electron chi connectivity index (χ1n) is 6.59. The van der Waals surface area contributed by atoms with Gasteiger partial charge in [0.1, 0.15) is 0 Å². The summed E-state index contributed by atoms with van der Waals surface area (Å²) < 4.78 is 0. The van der Waals surface area contributed by atoms with Crippen molar-refractivity contribution >= 4 is 0 Å². The number of nitrogens with zero attached hydrogens (tertiary/aromatic N) is 1. The van der Waals surface area contributed by atoms with Gasteiger partial charge in [-0.05, 0) is 51.6 Å². The van der Waals surface area contributed by atoms with Gasteiger partial charge in [0, 0.05) is 12.6 Å². The molecule has 1 heterocycles. The van der Waals surface area contributed by atoms with Crippen LogP contribution in [0.4, 0.5) is 0 Å². The molecule has 0 amide bonds. The zero-order chi connectivity index (χ0) is 11.1. The summed E-state index contributed by atoms with van der Waals surface area (Å²) in [5, 5.41) is 8.68. The second kappa shape index (κ2) is 7.24. The van der Waals surface area contributed by atoms with E-state index in [0.717, 1.165) is 18.4 Å². The summed E-state index contributed by atoms with van der Waals surface area (Å²) in [6.07, 6.45) is 7.50. The molecule has 0 aliphatic carbocycles. The predicted octanol–water partition coefficient (Wildman–Crippen LogP) is 2.66. The first-order valence-corrected chi connectivity index (χ1v) is 6.59. The van der Waals surface area contributed by atoms with Gasteiger partial charge in [0.15, 0.2) is 0 Å². The third-order valence-corrected chi connectivity index (χ3v) is 3.63. The van der Waals surface area contributed by atoms with E-state index in [1.54, 1.807) is 0 Å². The number of aliphatic hydroxyl groups excluding tert-OH is 1. The second-order valence-corrected chi connectivity index (χ2v) is 5.15. The van der Waals surface area contributed by atoms with Crippen molar-refractivity contribution in [1.29, 1.82) is 0 Å². The first-order chi connectivity index (χ1) is 7.24. The topological polar surface area (TPSA) is 23.5 Å². The highest BCUT2D eigenvalue weighted by Crippen LogP contribution is 2.22. The monoisotopic (exact) mass is 213 g/mol. The van der Waals surface area contributed by atoms with Gasteiger partial charge < -0.3 is 10.0 Å². The molecule has 0 spiro atoms. The van der Waals surface area contributed by atoms with Crippen molar-refractivity contribution < 1.29 is 5.11 Å². The minimum absolute atomic E-state index is 0.359. The normalized spacial score (nSPS) is 28.2. The van der Waals surface area contributed by atoms with Crippen molar-refractivity contribution in [3.8, 4) is 0 Å². The average molecular weight is 213 g/mol. The zero-order valence-corrected chi connectivity index (χ0v) is 10.4. The molecule has 0 aromatic carbocycles. The van der Waals surface area contributed by atoms with Crippen molar-refractivity contribution in [2.75, 3.05) is 19.7 Å². The molecule has 0 bridgehead atoms. The van der Waals surface area contributed by atoms with E-state index in [-0.39, 0.29) is 0 Å². The van der Waals surface area contributed by atoms with Gasteiger partial charge in [-0.2, -0.15) is 0 Å². The van der Waals surface area contributed by atoms with Gasteiger partial charge in [0.05, 0.1) is 0 Å². The molecule has 2 heteroatoms. The standard InChI is InChI=1S/C13H27NO/c1-12-7-9-14(13(2)11-12)8-5-3-4-6-10-15/h12-13,15H,3-11H2,1-2H3. The third kappa shape index (κ3) is 4.98. The summed E-state index contributed by atoms with van der Waals surface area (Å²) in [6, 6.07) is 0.784. The summed E-state index contributed by atoms with van der Waals surface area (Å²) in [4.78, 5) is 2.64. The minimum Gasteiger partial charge on any atom is -0.396 e. The Balaban J connectivity index is 2.05. The predicted molar refractivity (Wildman–Crippen MR) is 65.0 cm³/mol. The Kier molecular flexibility index (Phi) is 6.26. The highest BCUT2D eigenvalue weighted by atomic mass is 16.2. The summed E-state index contributed by atoms with van der Waals surface area (Å²) in [5.74, 6) is 0.922. The Morgan fingerprint density at radius 2 is 1.87 bits per heavy atom. The van der Waals surface area contributed by atoms with Crippen LogP contribution in [0.15, 0.2) is 0 Å². The van der Waals surface area contributed by atoms with Crippen molar-refractivity contribution in [1.82, 2.24) is 4.90 Å². The molecule has 2 unspecified atom stereocenters. The van der Waals surface area contributed by atoms with Crippen LogP contribution in [0, 0.1) is 5.92 Å². The molecule has 1 aliphatic rings. The molecule has 0 aromatic heterocycles. The van der Waals surface area contributed by atoms with Crippen LogP contribution in [0.1, 0.15) is 52.4 Å². The number of hydrogen-bond donors (Lipinski definition) is 1. The number of hydrogen-bond acceptors (Lipinski definition) is 2. The maximum absolute atomic E-state index is 8.68. The van der Waals surface area contributed by atoms with Gasteiger partial charge in [-0.3, -0.25) is 0 Å². The number of rotatable bonds is 6. The van der Waals surface area contributed by atoms with Crippen molar-refractivity contribution in [3.05, 3.63) is 0 Å². The summed E-state index contributed by atoms with van der Waals surface area (Å²) in [6.45, 7) is 7.65. The SMILES string of the molecule is CC1CCN(CCCCCCO)C(C)C1. The van der Waals surface area contributed by atoms with Crippen LogP contribution in [0.25, 0.3) is 0 Å². The molecule has 15 heavy (non-hydrogen) atoms. The van der Waals surface area contributed by atoms with Crippen LogP contribution in [-0.2, 0) is 0 Å². The molecule has 1 rings (SSSR count). The fourth-order valence-electron chi connectivity index (χ4n) is 2.57. The van der Waals surface area contributed by atoms with Crippen LogP contribution < -0.4 is 0 Å². The van der Waals surface area contributed by atoms with E-state index in [1.165, 1.54) is 45.2 Å². The first kappa shape index (κ1) is 13.0. The van der Waals surface area contributed by atoms with Gasteiger partial charge in [0.2, 0.25) is 0 Å². The lowest BCUT2D eigenvalue weighted by Crippen LogP contribution is -2.40. The van der Waals surface area contributed by atoms with E-state index in [4.69, 9.17) is 5.11 Å². The van der Waals surface area contributed by atoms with E-state index >= 15 is 0 Å². The van der Waals surface area contributed by atoms with Crippen LogP contribution in [0.2, 0.25) is 0 Å².